The van der Waals surface area contributed by atoms with Gasteiger partial charge < -0.3 is 49.2 Å². The lowest BCUT2D eigenvalue weighted by atomic mass is 9.40. The lowest BCUT2D eigenvalue weighted by Gasteiger charge is -2.65. The first-order valence-corrected chi connectivity index (χ1v) is 18.5. The highest BCUT2D eigenvalue weighted by Gasteiger charge is 2.90. The normalized spacial score (nSPS) is 59.4. The molecular weight excluding hydrogens is 620 g/mol. The molecule has 18 atom stereocenters. The van der Waals surface area contributed by atoms with Gasteiger partial charge in [0.2, 0.25) is 0 Å². The zero-order chi connectivity index (χ0) is 34.8. The van der Waals surface area contributed by atoms with E-state index >= 15 is 0 Å². The molecule has 0 amide bonds. The molecule has 5 aliphatic carbocycles. The fourth-order valence-corrected chi connectivity index (χ4v) is 14.3. The molecule has 3 saturated heterocycles. The van der Waals surface area contributed by atoms with Crippen LogP contribution in [-0.2, 0) is 28.5 Å². The summed E-state index contributed by atoms with van der Waals surface area (Å²) in [5.74, 6) is -1.33. The number of esters is 1. The third kappa shape index (κ3) is 3.90. The number of fused-ring (bicyclic) bond motifs is 4. The monoisotopic (exact) mass is 678 g/mol. The van der Waals surface area contributed by atoms with Crippen LogP contribution in [0, 0.1) is 50.7 Å². The number of hydrogen-bond donors (Lipinski definition) is 5. The van der Waals surface area contributed by atoms with Crippen molar-refractivity contribution in [1.29, 1.82) is 0 Å². The van der Waals surface area contributed by atoms with E-state index in [0.29, 0.717) is 6.42 Å². The van der Waals surface area contributed by atoms with Gasteiger partial charge >= 0.3 is 5.97 Å². The summed E-state index contributed by atoms with van der Waals surface area (Å²) >= 11 is 0. The Kier molecular flexibility index (Phi) is 7.24. The third-order valence-corrected chi connectivity index (χ3v) is 16.2. The molecule has 3 heterocycles. The van der Waals surface area contributed by atoms with Crippen LogP contribution in [0.5, 0.6) is 0 Å². The topological polar surface area (TPSA) is 164 Å². The smallest absolute Gasteiger partial charge is 0.302 e. The van der Waals surface area contributed by atoms with E-state index in [4.69, 9.17) is 23.7 Å². The molecule has 5 N–H and O–H groups in total. The van der Waals surface area contributed by atoms with Crippen LogP contribution in [0.1, 0.15) is 100 Å². The van der Waals surface area contributed by atoms with E-state index in [0.717, 1.165) is 38.5 Å². The Bertz CT molecular complexity index is 1350. The fourth-order valence-electron chi connectivity index (χ4n) is 14.3. The highest BCUT2D eigenvalue weighted by Crippen LogP contribution is 2.90. The molecule has 0 aromatic rings. The van der Waals surface area contributed by atoms with E-state index in [9.17, 15) is 30.3 Å². The largest absolute Gasteiger partial charge is 0.462 e. The van der Waals surface area contributed by atoms with Gasteiger partial charge in [-0.15, -0.1) is 0 Å². The van der Waals surface area contributed by atoms with E-state index < -0.39 is 65.1 Å². The lowest BCUT2D eigenvalue weighted by Crippen LogP contribution is -2.65. The maximum absolute atomic E-state index is 12.9. The summed E-state index contributed by atoms with van der Waals surface area (Å²) in [5, 5.41) is 55.0. The Morgan fingerprint density at radius 3 is 2.25 bits per heavy atom. The zero-order valence-electron chi connectivity index (χ0n) is 29.8. The summed E-state index contributed by atoms with van der Waals surface area (Å²) in [6.45, 7) is 16.0. The van der Waals surface area contributed by atoms with Crippen molar-refractivity contribution in [3.8, 4) is 0 Å². The predicted octanol–water partition coefficient (Wildman–Crippen LogP) is 2.66. The first kappa shape index (κ1) is 34.2. The summed E-state index contributed by atoms with van der Waals surface area (Å²) in [7, 11) is 0. The average molecular weight is 679 g/mol. The Balaban J connectivity index is 1.16. The second kappa shape index (κ2) is 10.2. The summed E-state index contributed by atoms with van der Waals surface area (Å²) < 4.78 is 32.2. The standard InChI is InChI=1S/C37H58O11/c1-17-13-20-28(32(5,6)43)48-37(47-20)27(17)34(8)24(45-18(2)38)14-36-16-35(36)12-11-23(46-29-26(41)25(40)19(39)15-44-29)31(3,4)21(35)9-10-22(36)33(34,7)30(37)42/h17,19-30,39-43H,9-16H2,1-8H3/t17?,19?,20-,21-,22-,23?,24?,25?,26?,27+,28?,29?,30?,33-,34-,35-,36+,37+/m1/s1. The zero-order valence-corrected chi connectivity index (χ0v) is 29.8. The second-order valence-electron chi connectivity index (χ2n) is 18.9. The van der Waals surface area contributed by atoms with Crippen LogP contribution in [0.15, 0.2) is 0 Å². The van der Waals surface area contributed by atoms with Crippen molar-refractivity contribution in [2.75, 3.05) is 6.61 Å². The van der Waals surface area contributed by atoms with Crippen LogP contribution >= 0.6 is 0 Å². The first-order valence-electron chi connectivity index (χ1n) is 18.5. The lowest BCUT2D eigenvalue weighted by molar-refractivity contribution is -0.304. The van der Waals surface area contributed by atoms with Crippen molar-refractivity contribution in [1.82, 2.24) is 0 Å². The van der Waals surface area contributed by atoms with E-state index in [2.05, 4.69) is 34.6 Å². The molecule has 2 bridgehead atoms. The van der Waals surface area contributed by atoms with Crippen LogP contribution in [0.4, 0.5) is 0 Å². The summed E-state index contributed by atoms with van der Waals surface area (Å²) in [6.07, 6.45) is -1.55. The minimum absolute atomic E-state index is 0.0317. The molecule has 272 valence electrons. The van der Waals surface area contributed by atoms with Gasteiger partial charge in [-0.05, 0) is 92.8 Å². The summed E-state index contributed by atoms with van der Waals surface area (Å²) in [4.78, 5) is 12.9. The van der Waals surface area contributed by atoms with Crippen LogP contribution in [0.25, 0.3) is 0 Å². The number of hydrogen-bond acceptors (Lipinski definition) is 11. The molecule has 8 rings (SSSR count). The molecule has 3 aliphatic heterocycles. The van der Waals surface area contributed by atoms with Crippen molar-refractivity contribution in [2.24, 2.45) is 50.7 Å². The van der Waals surface area contributed by atoms with Gasteiger partial charge in [0.15, 0.2) is 12.1 Å². The number of rotatable bonds is 4. The molecule has 5 saturated carbocycles. The molecule has 11 nitrogen and oxygen atoms in total. The van der Waals surface area contributed by atoms with Gasteiger partial charge in [0.1, 0.15) is 36.6 Å². The molecule has 3 spiro atoms. The van der Waals surface area contributed by atoms with Gasteiger partial charge in [-0.2, -0.15) is 0 Å². The molecule has 8 aliphatic rings. The Morgan fingerprint density at radius 2 is 1.58 bits per heavy atom. The second-order valence-corrected chi connectivity index (χ2v) is 18.9. The van der Waals surface area contributed by atoms with E-state index in [1.54, 1.807) is 13.8 Å². The predicted molar refractivity (Wildman–Crippen MR) is 170 cm³/mol. The van der Waals surface area contributed by atoms with Crippen LogP contribution in [0.3, 0.4) is 0 Å². The van der Waals surface area contributed by atoms with Crippen molar-refractivity contribution < 1.29 is 54.0 Å². The molecular formula is C37H58O11. The van der Waals surface area contributed by atoms with Gasteiger partial charge in [-0.25, -0.2) is 0 Å². The van der Waals surface area contributed by atoms with Gasteiger partial charge in [-0.3, -0.25) is 4.79 Å². The molecule has 48 heavy (non-hydrogen) atoms. The number of ether oxygens (including phenoxy) is 5. The molecule has 8 fully saturated rings. The minimum Gasteiger partial charge on any atom is -0.462 e. The number of carbonyl (C=O) groups is 1. The molecule has 11 heteroatoms. The van der Waals surface area contributed by atoms with Crippen molar-refractivity contribution >= 4 is 5.97 Å². The Labute approximate surface area is 284 Å². The van der Waals surface area contributed by atoms with Gasteiger partial charge in [0, 0.05) is 23.7 Å². The minimum atomic E-state index is -1.34. The third-order valence-electron chi connectivity index (χ3n) is 16.2. The van der Waals surface area contributed by atoms with E-state index in [1.165, 1.54) is 6.92 Å². The van der Waals surface area contributed by atoms with Crippen molar-refractivity contribution in [3.05, 3.63) is 0 Å². The van der Waals surface area contributed by atoms with E-state index in [-0.39, 0.29) is 64.7 Å². The van der Waals surface area contributed by atoms with E-state index in [1.807, 2.05) is 0 Å². The maximum Gasteiger partial charge on any atom is 0.302 e. The number of aliphatic hydroxyl groups is 5. The summed E-state index contributed by atoms with van der Waals surface area (Å²) in [5.41, 5.74) is -2.98. The van der Waals surface area contributed by atoms with Gasteiger partial charge in [0.05, 0.1) is 24.4 Å². The SMILES string of the molecule is CC(=O)OC1C[C@@]23C[C@@]24CCC(OC2OCC(O)C(O)C2O)C(C)(C)[C@H]4CC[C@@H]3[C@]2(C)C(O)[C@@]34OC(C(C)(C)O)[C@@H](CC(C)[C@H]3[C@@]12C)O4. The quantitative estimate of drug-likeness (QED) is 0.219. The van der Waals surface area contributed by atoms with Crippen LogP contribution < -0.4 is 0 Å². The molecule has 9 unspecified atom stereocenters. The maximum atomic E-state index is 12.9. The highest BCUT2D eigenvalue weighted by atomic mass is 16.8. The van der Waals surface area contributed by atoms with Crippen LogP contribution in [-0.4, -0.2) is 105 Å². The summed E-state index contributed by atoms with van der Waals surface area (Å²) in [6, 6.07) is 0. The molecule has 0 radical (unpaired) electrons. The van der Waals surface area contributed by atoms with Gasteiger partial charge in [0.25, 0.3) is 0 Å². The average Bonchev–Trinajstić information content (AvgIpc) is 3.48. The van der Waals surface area contributed by atoms with Crippen LogP contribution in [0.2, 0.25) is 0 Å². The fraction of sp³-hybridized carbons (Fsp3) is 0.973. The van der Waals surface area contributed by atoms with Gasteiger partial charge in [-0.1, -0.05) is 34.6 Å². The Hall–Kier alpha value is -0.890. The first-order chi connectivity index (χ1) is 22.2. The number of aliphatic hydroxyl groups excluding tert-OH is 4. The Morgan fingerprint density at radius 1 is 0.896 bits per heavy atom. The molecule has 0 aromatic heterocycles. The highest BCUT2D eigenvalue weighted by molar-refractivity contribution is 5.66. The van der Waals surface area contributed by atoms with Crippen molar-refractivity contribution in [2.45, 2.75) is 167 Å². The number of carbonyl (C=O) groups excluding carboxylic acids is 1. The molecule has 0 aromatic carbocycles. The van der Waals surface area contributed by atoms with Crippen molar-refractivity contribution in [3.63, 3.8) is 0 Å².